The highest BCUT2D eigenvalue weighted by molar-refractivity contribution is 4.96. The zero-order valence-electron chi connectivity index (χ0n) is 13.2. The summed E-state index contributed by atoms with van der Waals surface area (Å²) in [5.41, 5.74) is 0.446. The van der Waals surface area contributed by atoms with E-state index in [0.717, 1.165) is 6.04 Å². The fourth-order valence-corrected chi connectivity index (χ4v) is 3.73. The summed E-state index contributed by atoms with van der Waals surface area (Å²) in [7, 11) is 4.36. The Morgan fingerprint density at radius 3 is 2.58 bits per heavy atom. The van der Waals surface area contributed by atoms with Crippen LogP contribution in [-0.2, 0) is 0 Å². The molecule has 0 aromatic rings. The van der Waals surface area contributed by atoms with E-state index in [1.807, 2.05) is 0 Å². The summed E-state index contributed by atoms with van der Waals surface area (Å²) in [6.07, 6.45) is 9.68. The molecule has 2 fully saturated rings. The molecule has 3 heteroatoms. The van der Waals surface area contributed by atoms with Gasteiger partial charge in [-0.2, -0.15) is 0 Å². The first-order valence-corrected chi connectivity index (χ1v) is 8.25. The van der Waals surface area contributed by atoms with Crippen LogP contribution in [0.5, 0.6) is 0 Å². The average Bonchev–Trinajstić information content (AvgIpc) is 2.60. The Labute approximate surface area is 119 Å². The minimum Gasteiger partial charge on any atom is -0.310 e. The van der Waals surface area contributed by atoms with Crippen molar-refractivity contribution in [1.29, 1.82) is 0 Å². The van der Waals surface area contributed by atoms with Crippen LogP contribution >= 0.6 is 0 Å². The van der Waals surface area contributed by atoms with Crippen molar-refractivity contribution >= 4 is 0 Å². The Morgan fingerprint density at radius 2 is 1.89 bits per heavy atom. The van der Waals surface area contributed by atoms with Gasteiger partial charge in [0.25, 0.3) is 0 Å². The highest BCUT2D eigenvalue weighted by Gasteiger charge is 2.35. The van der Waals surface area contributed by atoms with Crippen molar-refractivity contribution in [2.45, 2.75) is 63.5 Å². The molecule has 1 saturated carbocycles. The maximum absolute atomic E-state index is 3.89. The molecule has 1 aliphatic carbocycles. The molecule has 1 heterocycles. The quantitative estimate of drug-likeness (QED) is 0.843. The van der Waals surface area contributed by atoms with E-state index in [0.29, 0.717) is 5.54 Å². The van der Waals surface area contributed by atoms with Gasteiger partial charge < -0.3 is 10.2 Å². The first-order chi connectivity index (χ1) is 9.11. The molecule has 1 atom stereocenters. The lowest BCUT2D eigenvalue weighted by atomic mass is 9.81. The van der Waals surface area contributed by atoms with Crippen molar-refractivity contribution in [2.75, 3.05) is 40.3 Å². The fraction of sp³-hybridized carbons (Fsp3) is 1.00. The molecule has 1 saturated heterocycles. The molecule has 112 valence electrons. The second kappa shape index (κ2) is 7.05. The van der Waals surface area contributed by atoms with Gasteiger partial charge in [0.15, 0.2) is 0 Å². The standard InChI is InChI=1S/C16H33N3/c1-15(8-13-18(2)3)19-12-7-11-17-16(14-19)9-5-4-6-10-16/h15,17H,4-14H2,1-3H3. The van der Waals surface area contributed by atoms with Gasteiger partial charge >= 0.3 is 0 Å². The van der Waals surface area contributed by atoms with E-state index in [1.165, 1.54) is 71.1 Å². The maximum atomic E-state index is 3.89. The van der Waals surface area contributed by atoms with Crippen molar-refractivity contribution in [2.24, 2.45) is 0 Å². The third kappa shape index (κ3) is 4.44. The SMILES string of the molecule is CC(CCN(C)C)N1CCCNC2(CCCCC2)C1. The largest absolute Gasteiger partial charge is 0.310 e. The molecule has 1 spiro atoms. The van der Waals surface area contributed by atoms with Crippen LogP contribution in [0.15, 0.2) is 0 Å². The molecule has 1 aliphatic heterocycles. The van der Waals surface area contributed by atoms with Gasteiger partial charge in [-0.25, -0.2) is 0 Å². The zero-order valence-corrected chi connectivity index (χ0v) is 13.2. The first-order valence-electron chi connectivity index (χ1n) is 8.25. The number of hydrogen-bond donors (Lipinski definition) is 1. The normalized spacial score (nSPS) is 26.5. The van der Waals surface area contributed by atoms with Gasteiger partial charge in [-0.1, -0.05) is 19.3 Å². The van der Waals surface area contributed by atoms with Crippen LogP contribution in [0.3, 0.4) is 0 Å². The van der Waals surface area contributed by atoms with Gasteiger partial charge in [0.05, 0.1) is 0 Å². The Kier molecular flexibility index (Phi) is 5.67. The minimum absolute atomic E-state index is 0.446. The molecule has 1 unspecified atom stereocenters. The molecular weight excluding hydrogens is 234 g/mol. The van der Waals surface area contributed by atoms with Crippen LogP contribution in [-0.4, -0.2) is 61.7 Å². The third-order valence-electron chi connectivity index (χ3n) is 5.06. The van der Waals surface area contributed by atoms with Gasteiger partial charge in [-0.05, 0) is 66.3 Å². The van der Waals surface area contributed by atoms with E-state index in [4.69, 9.17) is 0 Å². The van der Waals surface area contributed by atoms with Gasteiger partial charge in [-0.3, -0.25) is 4.90 Å². The lowest BCUT2D eigenvalue weighted by Gasteiger charge is -2.41. The van der Waals surface area contributed by atoms with E-state index in [2.05, 4.69) is 36.1 Å². The molecule has 2 aliphatic rings. The first kappa shape index (κ1) is 15.3. The van der Waals surface area contributed by atoms with Crippen molar-refractivity contribution in [1.82, 2.24) is 15.1 Å². The summed E-state index contributed by atoms with van der Waals surface area (Å²) in [4.78, 5) is 5.07. The maximum Gasteiger partial charge on any atom is 0.0308 e. The average molecular weight is 267 g/mol. The van der Waals surface area contributed by atoms with Crippen molar-refractivity contribution in [3.63, 3.8) is 0 Å². The highest BCUT2D eigenvalue weighted by atomic mass is 15.2. The topological polar surface area (TPSA) is 18.5 Å². The molecule has 19 heavy (non-hydrogen) atoms. The summed E-state index contributed by atoms with van der Waals surface area (Å²) in [5.74, 6) is 0. The van der Waals surface area contributed by atoms with E-state index in [-0.39, 0.29) is 0 Å². The van der Waals surface area contributed by atoms with E-state index in [1.54, 1.807) is 0 Å². The Balaban J connectivity index is 1.91. The van der Waals surface area contributed by atoms with Crippen LogP contribution in [0.4, 0.5) is 0 Å². The molecule has 0 amide bonds. The zero-order chi connectivity index (χ0) is 13.7. The molecular formula is C16H33N3. The lowest BCUT2D eigenvalue weighted by molar-refractivity contribution is 0.125. The molecule has 0 radical (unpaired) electrons. The van der Waals surface area contributed by atoms with E-state index in [9.17, 15) is 0 Å². The second-order valence-corrected chi connectivity index (χ2v) is 7.03. The smallest absolute Gasteiger partial charge is 0.0308 e. The minimum atomic E-state index is 0.446. The molecule has 2 rings (SSSR count). The second-order valence-electron chi connectivity index (χ2n) is 7.03. The summed E-state index contributed by atoms with van der Waals surface area (Å²) >= 11 is 0. The number of rotatable bonds is 4. The summed E-state index contributed by atoms with van der Waals surface area (Å²) in [6.45, 7) is 7.41. The summed E-state index contributed by atoms with van der Waals surface area (Å²) in [6, 6.07) is 0.723. The Bertz CT molecular complexity index is 259. The number of hydrogen-bond acceptors (Lipinski definition) is 3. The molecule has 3 nitrogen and oxygen atoms in total. The molecule has 1 N–H and O–H groups in total. The molecule has 0 bridgehead atoms. The molecule has 0 aromatic carbocycles. The van der Waals surface area contributed by atoms with Crippen molar-refractivity contribution in [3.8, 4) is 0 Å². The van der Waals surface area contributed by atoms with Gasteiger partial charge in [0.2, 0.25) is 0 Å². The van der Waals surface area contributed by atoms with Crippen molar-refractivity contribution < 1.29 is 0 Å². The van der Waals surface area contributed by atoms with Gasteiger partial charge in [0, 0.05) is 18.1 Å². The van der Waals surface area contributed by atoms with Crippen LogP contribution in [0.1, 0.15) is 51.9 Å². The Morgan fingerprint density at radius 1 is 1.16 bits per heavy atom. The fourth-order valence-electron chi connectivity index (χ4n) is 3.73. The van der Waals surface area contributed by atoms with Crippen molar-refractivity contribution in [3.05, 3.63) is 0 Å². The van der Waals surface area contributed by atoms with Crippen LogP contribution < -0.4 is 5.32 Å². The van der Waals surface area contributed by atoms with E-state index < -0.39 is 0 Å². The van der Waals surface area contributed by atoms with Crippen LogP contribution in [0.25, 0.3) is 0 Å². The molecule has 0 aromatic heterocycles. The lowest BCUT2D eigenvalue weighted by Crippen LogP contribution is -2.54. The monoisotopic (exact) mass is 267 g/mol. The Hall–Kier alpha value is -0.120. The predicted molar refractivity (Wildman–Crippen MR) is 82.6 cm³/mol. The van der Waals surface area contributed by atoms with Crippen LogP contribution in [0, 0.1) is 0 Å². The third-order valence-corrected chi connectivity index (χ3v) is 5.06. The summed E-state index contributed by atoms with van der Waals surface area (Å²) in [5, 5.41) is 3.89. The summed E-state index contributed by atoms with van der Waals surface area (Å²) < 4.78 is 0. The number of nitrogens with one attached hydrogen (secondary N) is 1. The predicted octanol–water partition coefficient (Wildman–Crippen LogP) is 2.32. The van der Waals surface area contributed by atoms with Crippen LogP contribution in [0.2, 0.25) is 0 Å². The number of nitrogens with zero attached hydrogens (tertiary/aromatic N) is 2. The highest BCUT2D eigenvalue weighted by Crippen LogP contribution is 2.31. The van der Waals surface area contributed by atoms with Gasteiger partial charge in [-0.15, -0.1) is 0 Å². The van der Waals surface area contributed by atoms with E-state index >= 15 is 0 Å². The van der Waals surface area contributed by atoms with Gasteiger partial charge in [0.1, 0.15) is 0 Å².